The summed E-state index contributed by atoms with van der Waals surface area (Å²) >= 11 is 0. The molecule has 2 N–H and O–H groups in total. The number of nitrogens with zero attached hydrogens (tertiary/aromatic N) is 1. The lowest BCUT2D eigenvalue weighted by atomic mass is 9.98. The van der Waals surface area contributed by atoms with Gasteiger partial charge in [-0.3, -0.25) is 4.79 Å². The maximum absolute atomic E-state index is 12.6. The summed E-state index contributed by atoms with van der Waals surface area (Å²) in [6, 6.07) is 3.78. The van der Waals surface area contributed by atoms with E-state index in [0.29, 0.717) is 39.3 Å². The first kappa shape index (κ1) is 17.0. The molecule has 2 atom stereocenters. The molecule has 0 saturated carbocycles. The highest BCUT2D eigenvalue weighted by Crippen LogP contribution is 2.34. The summed E-state index contributed by atoms with van der Waals surface area (Å²) in [6.45, 7) is 6.84. The molecule has 0 spiro atoms. The molecular formula is C18H26N2O4. The molecule has 1 amide bonds. The zero-order valence-corrected chi connectivity index (χ0v) is 14.4. The molecule has 0 radical (unpaired) electrons. The summed E-state index contributed by atoms with van der Waals surface area (Å²) in [4.78, 5) is 14.5. The van der Waals surface area contributed by atoms with Crippen LogP contribution in [-0.2, 0) is 17.8 Å². The fraction of sp³-hybridized carbons (Fsp3) is 0.611. The summed E-state index contributed by atoms with van der Waals surface area (Å²) in [7, 11) is 0. The van der Waals surface area contributed by atoms with E-state index in [1.807, 2.05) is 30.9 Å². The lowest BCUT2D eigenvalue weighted by molar-refractivity contribution is -0.134. The van der Waals surface area contributed by atoms with Crippen LogP contribution in [0.4, 0.5) is 0 Å². The monoisotopic (exact) mass is 334 g/mol. The molecule has 0 bridgehead atoms. The maximum atomic E-state index is 12.6. The number of aliphatic hydroxyl groups is 1. The van der Waals surface area contributed by atoms with Gasteiger partial charge in [0, 0.05) is 19.6 Å². The molecule has 6 heteroatoms. The van der Waals surface area contributed by atoms with E-state index in [1.54, 1.807) is 0 Å². The second-order valence-electron chi connectivity index (χ2n) is 6.29. The van der Waals surface area contributed by atoms with Crippen LogP contribution in [0.3, 0.4) is 0 Å². The number of amides is 1. The summed E-state index contributed by atoms with van der Waals surface area (Å²) in [5.41, 5.74) is 2.32. The van der Waals surface area contributed by atoms with Gasteiger partial charge < -0.3 is 24.8 Å². The number of benzene rings is 1. The number of rotatable bonds is 5. The van der Waals surface area contributed by atoms with E-state index in [2.05, 4.69) is 5.32 Å². The molecular weight excluding hydrogens is 308 g/mol. The largest absolute Gasteiger partial charge is 0.490 e. The van der Waals surface area contributed by atoms with Crippen LogP contribution in [0.2, 0.25) is 0 Å². The van der Waals surface area contributed by atoms with Gasteiger partial charge in [0.05, 0.1) is 25.4 Å². The van der Waals surface area contributed by atoms with E-state index in [1.165, 1.54) is 5.56 Å². The van der Waals surface area contributed by atoms with Crippen molar-refractivity contribution in [3.8, 4) is 11.5 Å². The van der Waals surface area contributed by atoms with Gasteiger partial charge in [-0.2, -0.15) is 0 Å². The van der Waals surface area contributed by atoms with Crippen LogP contribution in [0.1, 0.15) is 31.4 Å². The number of fused-ring (bicyclic) bond motifs is 1. The highest BCUT2D eigenvalue weighted by Gasteiger charge is 2.33. The molecule has 2 aliphatic rings. The Bertz CT molecular complexity index is 605. The summed E-state index contributed by atoms with van der Waals surface area (Å²) in [5.74, 6) is 1.59. The lowest BCUT2D eigenvalue weighted by Gasteiger charge is -2.31. The average Bonchev–Trinajstić information content (AvgIpc) is 3.01. The summed E-state index contributed by atoms with van der Waals surface area (Å²) in [5, 5.41) is 12.7. The van der Waals surface area contributed by atoms with Crippen LogP contribution in [0.5, 0.6) is 11.5 Å². The Kier molecular flexibility index (Phi) is 5.26. The van der Waals surface area contributed by atoms with E-state index in [-0.39, 0.29) is 11.9 Å². The Balaban J connectivity index is 1.77. The number of carbonyl (C=O) groups excluding carboxylic acids is 1. The van der Waals surface area contributed by atoms with Crippen molar-refractivity contribution in [2.24, 2.45) is 0 Å². The van der Waals surface area contributed by atoms with Crippen molar-refractivity contribution in [1.29, 1.82) is 0 Å². The quantitative estimate of drug-likeness (QED) is 0.843. The van der Waals surface area contributed by atoms with Crippen molar-refractivity contribution in [1.82, 2.24) is 10.2 Å². The molecule has 2 aliphatic heterocycles. The Morgan fingerprint density at radius 1 is 1.25 bits per heavy atom. The minimum absolute atomic E-state index is 0.0732. The molecule has 0 aliphatic carbocycles. The van der Waals surface area contributed by atoms with Crippen LogP contribution < -0.4 is 14.8 Å². The van der Waals surface area contributed by atoms with Gasteiger partial charge >= 0.3 is 0 Å². The van der Waals surface area contributed by atoms with Crippen LogP contribution in [0, 0.1) is 0 Å². The normalized spacial score (nSPS) is 23.0. The number of β-amino-alcohol motifs (C(OH)–C–C–N with tert-alkyl or cyclic N) is 1. The van der Waals surface area contributed by atoms with E-state index in [0.717, 1.165) is 23.5 Å². The topological polar surface area (TPSA) is 71.0 Å². The Hall–Kier alpha value is -1.79. The van der Waals surface area contributed by atoms with Gasteiger partial charge in [0.2, 0.25) is 5.91 Å². The number of hydrogen-bond donors (Lipinski definition) is 2. The fourth-order valence-electron chi connectivity index (χ4n) is 3.41. The van der Waals surface area contributed by atoms with Gasteiger partial charge in [-0.1, -0.05) is 0 Å². The van der Waals surface area contributed by atoms with Crippen molar-refractivity contribution in [3.05, 3.63) is 23.3 Å². The molecule has 132 valence electrons. The first-order valence-corrected chi connectivity index (χ1v) is 8.74. The molecule has 1 aromatic carbocycles. The van der Waals surface area contributed by atoms with Crippen molar-refractivity contribution in [2.75, 3.05) is 26.3 Å². The number of hydrogen-bond acceptors (Lipinski definition) is 5. The molecule has 0 aromatic heterocycles. The highest BCUT2D eigenvalue weighted by molar-refractivity contribution is 5.82. The number of nitrogens with one attached hydrogen (secondary N) is 1. The smallest absolute Gasteiger partial charge is 0.240 e. The van der Waals surface area contributed by atoms with Crippen molar-refractivity contribution < 1.29 is 19.4 Å². The summed E-state index contributed by atoms with van der Waals surface area (Å²) in [6.07, 6.45) is 0.882. The Labute approximate surface area is 142 Å². The van der Waals surface area contributed by atoms with E-state index in [9.17, 15) is 9.90 Å². The molecule has 24 heavy (non-hydrogen) atoms. The molecule has 1 saturated heterocycles. The maximum Gasteiger partial charge on any atom is 0.240 e. The molecule has 6 nitrogen and oxygen atoms in total. The number of aliphatic hydroxyl groups excluding tert-OH is 1. The van der Waals surface area contributed by atoms with E-state index < -0.39 is 6.10 Å². The third kappa shape index (κ3) is 3.49. The van der Waals surface area contributed by atoms with Gasteiger partial charge in [0.15, 0.2) is 11.5 Å². The Morgan fingerprint density at radius 3 is 2.50 bits per heavy atom. The predicted molar refractivity (Wildman–Crippen MR) is 90.3 cm³/mol. The fourth-order valence-corrected chi connectivity index (χ4v) is 3.41. The lowest BCUT2D eigenvalue weighted by Crippen LogP contribution is -2.45. The SMILES string of the molecule is CCOc1cc2c(cc1OCC)CN(C(=O)C1CC(O)CN1)CC2. The molecule has 3 rings (SSSR count). The van der Waals surface area contributed by atoms with Crippen LogP contribution in [-0.4, -0.2) is 54.4 Å². The molecule has 1 fully saturated rings. The van der Waals surface area contributed by atoms with E-state index >= 15 is 0 Å². The van der Waals surface area contributed by atoms with Crippen LogP contribution >= 0.6 is 0 Å². The third-order valence-corrected chi connectivity index (χ3v) is 4.60. The van der Waals surface area contributed by atoms with Gasteiger partial charge in [-0.15, -0.1) is 0 Å². The van der Waals surface area contributed by atoms with Crippen molar-refractivity contribution >= 4 is 5.91 Å². The predicted octanol–water partition coefficient (Wildman–Crippen LogP) is 1.09. The summed E-state index contributed by atoms with van der Waals surface area (Å²) < 4.78 is 11.4. The first-order chi connectivity index (χ1) is 11.6. The second-order valence-corrected chi connectivity index (χ2v) is 6.29. The van der Waals surface area contributed by atoms with Gasteiger partial charge in [-0.05, 0) is 49.9 Å². The van der Waals surface area contributed by atoms with Gasteiger partial charge in [-0.25, -0.2) is 0 Å². The zero-order valence-electron chi connectivity index (χ0n) is 14.4. The minimum atomic E-state index is -0.422. The standard InChI is InChI=1S/C18H26N2O4/c1-3-23-16-7-12-5-6-20(11-13(12)8-17(16)24-4-2)18(22)15-9-14(21)10-19-15/h7-8,14-15,19,21H,3-6,9-11H2,1-2H3. The molecule has 2 unspecified atom stereocenters. The second kappa shape index (κ2) is 7.40. The van der Waals surface area contributed by atoms with Crippen molar-refractivity contribution in [2.45, 2.75) is 45.4 Å². The minimum Gasteiger partial charge on any atom is -0.490 e. The molecule has 2 heterocycles. The van der Waals surface area contributed by atoms with Crippen molar-refractivity contribution in [3.63, 3.8) is 0 Å². The first-order valence-electron chi connectivity index (χ1n) is 8.74. The number of carbonyl (C=O) groups is 1. The number of ether oxygens (including phenoxy) is 2. The molecule has 1 aromatic rings. The zero-order chi connectivity index (χ0) is 17.1. The van der Waals surface area contributed by atoms with Gasteiger partial charge in [0.1, 0.15) is 0 Å². The third-order valence-electron chi connectivity index (χ3n) is 4.60. The van der Waals surface area contributed by atoms with E-state index in [4.69, 9.17) is 9.47 Å². The average molecular weight is 334 g/mol. The van der Waals surface area contributed by atoms with Crippen LogP contribution in [0.15, 0.2) is 12.1 Å². The van der Waals surface area contributed by atoms with Gasteiger partial charge in [0.25, 0.3) is 0 Å². The Morgan fingerprint density at radius 2 is 1.92 bits per heavy atom. The van der Waals surface area contributed by atoms with Crippen LogP contribution in [0.25, 0.3) is 0 Å². The highest BCUT2D eigenvalue weighted by atomic mass is 16.5.